The number of rotatable bonds is 1. The summed E-state index contributed by atoms with van der Waals surface area (Å²) in [5.74, 6) is -4.05. The van der Waals surface area contributed by atoms with Gasteiger partial charge >= 0.3 is 12.1 Å². The molecule has 0 nitrogen and oxygen atoms in total. The fourth-order valence-corrected chi connectivity index (χ4v) is 0.781. The minimum atomic E-state index is -5.09. The molecule has 11 heavy (non-hydrogen) atoms. The van der Waals surface area contributed by atoms with Gasteiger partial charge in [0.1, 0.15) is 12.2 Å². The van der Waals surface area contributed by atoms with E-state index in [1.807, 2.05) is 0 Å². The Hall–Kier alpha value is -0.680. The normalized spacial score (nSPS) is 22.4. The average molecular weight is 176 g/mol. The molecule has 0 atom stereocenters. The van der Waals surface area contributed by atoms with Gasteiger partial charge in [0.15, 0.2) is 0 Å². The third kappa shape index (κ3) is 1.10. The molecular weight excluding hydrogens is 174 g/mol. The molecule has 1 aliphatic carbocycles. The maximum atomic E-state index is 11.9. The zero-order valence-corrected chi connectivity index (χ0v) is 4.97. The number of hydrogen-bond donors (Lipinski definition) is 0. The summed E-state index contributed by atoms with van der Waals surface area (Å²) in [4.78, 5) is 0. The number of hydrogen-bond acceptors (Lipinski definition) is 0. The molecule has 0 spiro atoms. The Morgan fingerprint density at radius 2 is 1.64 bits per heavy atom. The van der Waals surface area contributed by atoms with Crippen LogP contribution in [0.2, 0.25) is 0 Å². The minimum Gasteiger partial charge on any atom is -0.246 e. The van der Waals surface area contributed by atoms with Crippen molar-refractivity contribution in [3.8, 4) is 0 Å². The van der Waals surface area contributed by atoms with Crippen LogP contribution in [0, 0.1) is 0 Å². The van der Waals surface area contributed by atoms with E-state index in [2.05, 4.69) is 0 Å². The monoisotopic (exact) mass is 176 g/mol. The molecule has 0 saturated heterocycles. The van der Waals surface area contributed by atoms with E-state index in [0.29, 0.717) is 0 Å². The predicted octanol–water partition coefficient (Wildman–Crippen LogP) is 2.46. The zero-order chi connectivity index (χ0) is 8.86. The van der Waals surface area contributed by atoms with E-state index in [1.165, 1.54) is 0 Å². The van der Waals surface area contributed by atoms with Crippen LogP contribution in [0.1, 0.15) is 0 Å². The third-order valence-corrected chi connectivity index (χ3v) is 1.35. The van der Waals surface area contributed by atoms with Crippen LogP contribution in [-0.4, -0.2) is 18.8 Å². The van der Waals surface area contributed by atoms with Crippen molar-refractivity contribution in [1.29, 1.82) is 0 Å². The van der Waals surface area contributed by atoms with E-state index in [4.69, 9.17) is 0 Å². The first-order chi connectivity index (χ1) is 4.81. The van der Waals surface area contributed by atoms with Crippen LogP contribution in [-0.2, 0) is 0 Å². The maximum Gasteiger partial charge on any atom is 0.419 e. The molecule has 0 aromatic carbocycles. The molecule has 0 unspecified atom stereocenters. The summed E-state index contributed by atoms with van der Waals surface area (Å²) in [5, 5.41) is 0. The van der Waals surface area contributed by atoms with Crippen LogP contribution in [0.5, 0.6) is 0 Å². The van der Waals surface area contributed by atoms with Gasteiger partial charge in [-0.15, -0.1) is 0 Å². The molecule has 0 fully saturated rings. The molecule has 0 radical (unpaired) electrons. The van der Waals surface area contributed by atoms with Crippen LogP contribution in [0.3, 0.4) is 0 Å². The lowest BCUT2D eigenvalue weighted by molar-refractivity contribution is -0.102. The Morgan fingerprint density at radius 3 is 1.73 bits per heavy atom. The Balaban J connectivity index is 2.84. The summed E-state index contributed by atoms with van der Waals surface area (Å²) in [6, 6.07) is 0. The lowest BCUT2D eigenvalue weighted by atomic mass is 10.4. The quantitative estimate of drug-likeness (QED) is 0.425. The Labute approximate surface area is 57.5 Å². The molecule has 1 rings (SSSR count). The third-order valence-electron chi connectivity index (χ3n) is 1.35. The predicted molar refractivity (Wildman–Crippen MR) is 24.0 cm³/mol. The van der Waals surface area contributed by atoms with Crippen molar-refractivity contribution in [3.05, 3.63) is 11.1 Å². The number of allylic oxidation sites excluding steroid dienone is 2. The second-order valence-corrected chi connectivity index (χ2v) is 2.06. The molecule has 0 saturated carbocycles. The van der Waals surface area contributed by atoms with E-state index < -0.39 is 29.9 Å². The summed E-state index contributed by atoms with van der Waals surface area (Å²) in [5.41, 5.74) is -3.46. The standard InChI is InChI=1S/C5H2F6/c6-1-2-3(4(2,7)8)5(9,10)11/h1H2. The van der Waals surface area contributed by atoms with Gasteiger partial charge in [0, 0.05) is 5.57 Å². The topological polar surface area (TPSA) is 0 Å². The van der Waals surface area contributed by atoms with Crippen LogP contribution >= 0.6 is 0 Å². The zero-order valence-electron chi connectivity index (χ0n) is 4.97. The minimum absolute atomic E-state index is 1.44. The summed E-state index contributed by atoms with van der Waals surface area (Å²) < 4.78 is 69.7. The maximum absolute atomic E-state index is 11.9. The highest BCUT2D eigenvalue weighted by Crippen LogP contribution is 2.56. The molecule has 0 N–H and O–H groups in total. The molecular formula is C5H2F6. The second-order valence-electron chi connectivity index (χ2n) is 2.06. The van der Waals surface area contributed by atoms with Crippen LogP contribution in [0.4, 0.5) is 26.3 Å². The van der Waals surface area contributed by atoms with E-state index >= 15 is 0 Å². The van der Waals surface area contributed by atoms with Gasteiger partial charge < -0.3 is 0 Å². The fourth-order valence-electron chi connectivity index (χ4n) is 0.781. The highest BCUT2D eigenvalue weighted by molar-refractivity contribution is 5.52. The largest absolute Gasteiger partial charge is 0.419 e. The first kappa shape index (κ1) is 8.42. The van der Waals surface area contributed by atoms with Crippen LogP contribution in [0.25, 0.3) is 0 Å². The van der Waals surface area contributed by atoms with Gasteiger partial charge in [-0.05, 0) is 0 Å². The smallest absolute Gasteiger partial charge is 0.246 e. The van der Waals surface area contributed by atoms with Crippen molar-refractivity contribution in [2.45, 2.75) is 12.1 Å². The summed E-state index contributed by atoms with van der Waals surface area (Å²) in [7, 11) is 0. The highest BCUT2D eigenvalue weighted by atomic mass is 19.4. The van der Waals surface area contributed by atoms with Crippen LogP contribution < -0.4 is 0 Å². The molecule has 1 aliphatic rings. The Morgan fingerprint density at radius 1 is 1.18 bits per heavy atom. The van der Waals surface area contributed by atoms with Gasteiger partial charge in [-0.2, -0.15) is 22.0 Å². The van der Waals surface area contributed by atoms with Gasteiger partial charge in [0.25, 0.3) is 0 Å². The van der Waals surface area contributed by atoms with E-state index in [0.717, 1.165) is 0 Å². The molecule has 6 heteroatoms. The van der Waals surface area contributed by atoms with E-state index in [9.17, 15) is 26.3 Å². The van der Waals surface area contributed by atoms with Crippen molar-refractivity contribution >= 4 is 0 Å². The molecule has 0 aromatic rings. The van der Waals surface area contributed by atoms with Crippen molar-refractivity contribution in [3.63, 3.8) is 0 Å². The summed E-state index contributed by atoms with van der Waals surface area (Å²) in [6.07, 6.45) is -5.09. The number of alkyl halides is 6. The van der Waals surface area contributed by atoms with Crippen molar-refractivity contribution in [2.75, 3.05) is 6.67 Å². The molecule has 0 heterocycles. The van der Waals surface area contributed by atoms with Gasteiger partial charge in [0.05, 0.1) is 0 Å². The van der Waals surface area contributed by atoms with Crippen molar-refractivity contribution in [1.82, 2.24) is 0 Å². The summed E-state index contributed by atoms with van der Waals surface area (Å²) in [6.45, 7) is -1.73. The molecule has 0 aromatic heterocycles. The van der Waals surface area contributed by atoms with Crippen molar-refractivity contribution in [2.24, 2.45) is 0 Å². The molecule has 0 aliphatic heterocycles. The molecule has 0 bridgehead atoms. The Kier molecular flexibility index (Phi) is 1.47. The Bertz CT molecular complexity index is 210. The lowest BCUT2D eigenvalue weighted by Gasteiger charge is -2.00. The molecule has 64 valence electrons. The molecule has 0 amide bonds. The van der Waals surface area contributed by atoms with Crippen LogP contribution in [0.15, 0.2) is 11.1 Å². The van der Waals surface area contributed by atoms with Gasteiger partial charge in [-0.3, -0.25) is 0 Å². The highest BCUT2D eigenvalue weighted by Gasteiger charge is 2.67. The lowest BCUT2D eigenvalue weighted by Crippen LogP contribution is -2.12. The van der Waals surface area contributed by atoms with Gasteiger partial charge in [0.2, 0.25) is 0 Å². The second kappa shape index (κ2) is 1.92. The van der Waals surface area contributed by atoms with E-state index in [1.54, 1.807) is 0 Å². The van der Waals surface area contributed by atoms with E-state index in [-0.39, 0.29) is 0 Å². The fraction of sp³-hybridized carbons (Fsp3) is 0.600. The first-order valence-electron chi connectivity index (χ1n) is 2.57. The van der Waals surface area contributed by atoms with Crippen molar-refractivity contribution < 1.29 is 26.3 Å². The SMILES string of the molecule is FCC1=C(C(F)(F)F)C1(F)F. The van der Waals surface area contributed by atoms with Gasteiger partial charge in [-0.1, -0.05) is 0 Å². The first-order valence-corrected chi connectivity index (χ1v) is 2.57. The summed E-state index contributed by atoms with van der Waals surface area (Å²) >= 11 is 0. The average Bonchev–Trinajstić information content (AvgIpc) is 2.31. The van der Waals surface area contributed by atoms with Gasteiger partial charge in [-0.25, -0.2) is 4.39 Å². The number of halogens is 6.